The van der Waals surface area contributed by atoms with E-state index in [1.54, 1.807) is 4.68 Å². The van der Waals surface area contributed by atoms with Crippen LogP contribution in [-0.4, -0.2) is 86.0 Å². The number of nitrogens with zero attached hydrogens (tertiary/aromatic N) is 7. The molecule has 0 unspecified atom stereocenters. The topological polar surface area (TPSA) is 90.6 Å². The van der Waals surface area contributed by atoms with Crippen molar-refractivity contribution in [3.8, 4) is 5.69 Å². The Morgan fingerprint density at radius 3 is 2.55 bits per heavy atom. The van der Waals surface area contributed by atoms with E-state index in [2.05, 4.69) is 20.4 Å². The number of aliphatic hydroxyl groups is 1. The Hall–Kier alpha value is -2.68. The number of amides is 2. The molecule has 0 radical (unpaired) electrons. The fourth-order valence-corrected chi connectivity index (χ4v) is 4.88. The third-order valence-corrected chi connectivity index (χ3v) is 6.65. The van der Waals surface area contributed by atoms with Crippen LogP contribution in [0.4, 0.5) is 10.7 Å². The molecule has 0 spiro atoms. The first kappa shape index (κ1) is 18.4. The van der Waals surface area contributed by atoms with Gasteiger partial charge in [-0.1, -0.05) is 23.3 Å². The normalized spacial score (nSPS) is 27.2. The van der Waals surface area contributed by atoms with E-state index in [1.165, 1.54) is 0 Å². The number of carbonyl (C=O) groups is 1. The van der Waals surface area contributed by atoms with Crippen molar-refractivity contribution in [2.24, 2.45) is 5.92 Å². The van der Waals surface area contributed by atoms with Crippen LogP contribution in [0.3, 0.4) is 0 Å². The Labute approximate surface area is 169 Å². The summed E-state index contributed by atoms with van der Waals surface area (Å²) in [4.78, 5) is 18.9. The molecule has 0 aliphatic carbocycles. The third kappa shape index (κ3) is 3.33. The van der Waals surface area contributed by atoms with Crippen molar-refractivity contribution >= 4 is 12.0 Å². The molecule has 4 heterocycles. The zero-order valence-electron chi connectivity index (χ0n) is 16.5. The smallest absolute Gasteiger partial charge is 0.320 e. The number of fused-ring (bicyclic) bond motifs is 1. The summed E-state index contributed by atoms with van der Waals surface area (Å²) in [6.07, 6.45) is 3.46. The first-order valence-corrected chi connectivity index (χ1v) is 10.5. The molecular formula is C20H27N7O2. The SMILES string of the molecule is O=C(N1CCCC1)N1CC[C@@]2(O)CCN(c3nnnn3-c3ccccc3)C[C@H]2C1. The molecule has 9 heteroatoms. The standard InChI is InChI=1S/C20H27N7O2/c28-19(24-10-4-5-11-24)26-13-9-20(29)8-12-25(14-16(20)15-26)18-21-22-23-27(18)17-6-2-1-3-7-17/h1-3,6-7,16,29H,4-5,8-15H2/t16-,20-/m0/s1. The summed E-state index contributed by atoms with van der Waals surface area (Å²) in [5.41, 5.74) is 0.186. The molecule has 2 atom stereocenters. The molecule has 154 valence electrons. The van der Waals surface area contributed by atoms with Gasteiger partial charge in [-0.2, -0.15) is 4.68 Å². The summed E-state index contributed by atoms with van der Waals surface area (Å²) >= 11 is 0. The second-order valence-electron chi connectivity index (χ2n) is 8.40. The molecule has 3 fully saturated rings. The molecule has 3 saturated heterocycles. The van der Waals surface area contributed by atoms with E-state index in [4.69, 9.17) is 0 Å². The van der Waals surface area contributed by atoms with Crippen molar-refractivity contribution in [1.29, 1.82) is 0 Å². The van der Waals surface area contributed by atoms with Gasteiger partial charge in [0.15, 0.2) is 0 Å². The van der Waals surface area contributed by atoms with Crippen LogP contribution in [0.15, 0.2) is 30.3 Å². The average molecular weight is 397 g/mol. The molecule has 2 aromatic rings. The van der Waals surface area contributed by atoms with E-state index in [0.29, 0.717) is 45.0 Å². The minimum absolute atomic E-state index is 0.0162. The number of benzene rings is 1. The zero-order chi connectivity index (χ0) is 19.8. The molecule has 2 amide bonds. The highest BCUT2D eigenvalue weighted by molar-refractivity contribution is 5.75. The summed E-state index contributed by atoms with van der Waals surface area (Å²) in [5.74, 6) is 0.665. The molecule has 1 aromatic carbocycles. The highest BCUT2D eigenvalue weighted by Crippen LogP contribution is 2.37. The molecule has 0 bridgehead atoms. The Balaban J connectivity index is 1.34. The number of carbonyl (C=O) groups excluding carboxylic acids is 1. The minimum Gasteiger partial charge on any atom is -0.389 e. The second kappa shape index (κ2) is 7.29. The van der Waals surface area contributed by atoms with Gasteiger partial charge in [0, 0.05) is 45.2 Å². The number of tetrazole rings is 1. The lowest BCUT2D eigenvalue weighted by Crippen LogP contribution is -2.62. The van der Waals surface area contributed by atoms with E-state index in [0.717, 1.165) is 31.6 Å². The lowest BCUT2D eigenvalue weighted by Gasteiger charge is -2.50. The largest absolute Gasteiger partial charge is 0.389 e. The monoisotopic (exact) mass is 397 g/mol. The molecule has 3 aliphatic rings. The second-order valence-corrected chi connectivity index (χ2v) is 8.40. The quantitative estimate of drug-likeness (QED) is 0.817. The number of urea groups is 1. The van der Waals surface area contributed by atoms with Gasteiger partial charge in [0.05, 0.1) is 11.3 Å². The lowest BCUT2D eigenvalue weighted by atomic mass is 9.76. The van der Waals surface area contributed by atoms with Gasteiger partial charge >= 0.3 is 6.03 Å². The number of rotatable bonds is 2. The summed E-state index contributed by atoms with van der Waals surface area (Å²) in [6.45, 7) is 4.23. The van der Waals surface area contributed by atoms with Crippen LogP contribution in [0.25, 0.3) is 5.69 Å². The van der Waals surface area contributed by atoms with E-state index >= 15 is 0 Å². The van der Waals surface area contributed by atoms with Gasteiger partial charge in [0.1, 0.15) is 0 Å². The number of hydrogen-bond donors (Lipinski definition) is 1. The minimum atomic E-state index is -0.719. The molecule has 9 nitrogen and oxygen atoms in total. The van der Waals surface area contributed by atoms with Crippen molar-refractivity contribution in [3.63, 3.8) is 0 Å². The molecular weight excluding hydrogens is 370 g/mol. The van der Waals surface area contributed by atoms with Crippen molar-refractivity contribution < 1.29 is 9.90 Å². The van der Waals surface area contributed by atoms with Crippen LogP contribution in [0.2, 0.25) is 0 Å². The molecule has 3 aliphatic heterocycles. The molecule has 0 saturated carbocycles. The average Bonchev–Trinajstić information content (AvgIpc) is 3.45. The third-order valence-electron chi connectivity index (χ3n) is 6.65. The Bertz CT molecular complexity index is 867. The lowest BCUT2D eigenvalue weighted by molar-refractivity contribution is -0.0765. The van der Waals surface area contributed by atoms with E-state index in [9.17, 15) is 9.90 Å². The summed E-state index contributed by atoms with van der Waals surface area (Å²) in [7, 11) is 0. The van der Waals surface area contributed by atoms with Crippen LogP contribution in [0.1, 0.15) is 25.7 Å². The predicted octanol–water partition coefficient (Wildman–Crippen LogP) is 1.14. The van der Waals surface area contributed by atoms with Crippen molar-refractivity contribution in [2.75, 3.05) is 44.2 Å². The molecule has 1 aromatic heterocycles. The maximum atomic E-state index is 12.8. The van der Waals surface area contributed by atoms with E-state index < -0.39 is 5.60 Å². The predicted molar refractivity (Wildman–Crippen MR) is 107 cm³/mol. The van der Waals surface area contributed by atoms with Gasteiger partial charge in [-0.3, -0.25) is 0 Å². The van der Waals surface area contributed by atoms with Gasteiger partial charge in [-0.05, 0) is 48.2 Å². The van der Waals surface area contributed by atoms with Gasteiger partial charge in [0.2, 0.25) is 5.95 Å². The summed E-state index contributed by atoms with van der Waals surface area (Å²) in [6, 6.07) is 9.93. The Morgan fingerprint density at radius 1 is 1.00 bits per heavy atom. The van der Waals surface area contributed by atoms with Crippen LogP contribution in [-0.2, 0) is 0 Å². The summed E-state index contributed by atoms with van der Waals surface area (Å²) < 4.78 is 1.74. The number of aromatic nitrogens is 4. The maximum Gasteiger partial charge on any atom is 0.320 e. The fourth-order valence-electron chi connectivity index (χ4n) is 4.88. The number of hydrogen-bond acceptors (Lipinski definition) is 6. The first-order valence-electron chi connectivity index (χ1n) is 10.5. The van der Waals surface area contributed by atoms with Crippen LogP contribution in [0, 0.1) is 5.92 Å². The van der Waals surface area contributed by atoms with E-state index in [-0.39, 0.29) is 11.9 Å². The van der Waals surface area contributed by atoms with Crippen LogP contribution in [0.5, 0.6) is 0 Å². The van der Waals surface area contributed by atoms with Gasteiger partial charge in [0.25, 0.3) is 0 Å². The molecule has 5 rings (SSSR count). The van der Waals surface area contributed by atoms with E-state index in [1.807, 2.05) is 40.1 Å². The molecule has 1 N–H and O–H groups in total. The fraction of sp³-hybridized carbons (Fsp3) is 0.600. The first-order chi connectivity index (χ1) is 14.1. The molecule has 29 heavy (non-hydrogen) atoms. The van der Waals surface area contributed by atoms with Gasteiger partial charge < -0.3 is 19.8 Å². The van der Waals surface area contributed by atoms with Crippen LogP contribution < -0.4 is 4.90 Å². The van der Waals surface area contributed by atoms with Gasteiger partial charge in [-0.25, -0.2) is 4.79 Å². The van der Waals surface area contributed by atoms with Crippen molar-refractivity contribution in [2.45, 2.75) is 31.3 Å². The number of piperidine rings is 2. The Morgan fingerprint density at radius 2 is 1.76 bits per heavy atom. The highest BCUT2D eigenvalue weighted by Gasteiger charge is 2.47. The Kier molecular flexibility index (Phi) is 4.61. The highest BCUT2D eigenvalue weighted by atomic mass is 16.3. The number of para-hydroxylation sites is 1. The number of anilines is 1. The summed E-state index contributed by atoms with van der Waals surface area (Å²) in [5, 5.41) is 23.5. The maximum absolute atomic E-state index is 12.8. The zero-order valence-corrected chi connectivity index (χ0v) is 16.5. The number of likely N-dealkylation sites (tertiary alicyclic amines) is 2. The van der Waals surface area contributed by atoms with Crippen molar-refractivity contribution in [1.82, 2.24) is 30.0 Å². The van der Waals surface area contributed by atoms with Crippen molar-refractivity contribution in [3.05, 3.63) is 30.3 Å². The van der Waals surface area contributed by atoms with Crippen LogP contribution >= 0.6 is 0 Å². The van der Waals surface area contributed by atoms with Gasteiger partial charge in [-0.15, -0.1) is 0 Å².